The first kappa shape index (κ1) is 16.6. The van der Waals surface area contributed by atoms with Crippen molar-refractivity contribution >= 4 is 11.8 Å². The summed E-state index contributed by atoms with van der Waals surface area (Å²) in [5.41, 5.74) is 1.98. The zero-order chi connectivity index (χ0) is 16.6. The molecular formula is C17H18N4O2S. The number of tetrazole rings is 1. The van der Waals surface area contributed by atoms with E-state index in [4.69, 9.17) is 4.74 Å². The molecule has 0 saturated heterocycles. The van der Waals surface area contributed by atoms with Crippen molar-refractivity contribution in [2.75, 3.05) is 12.4 Å². The van der Waals surface area contributed by atoms with Gasteiger partial charge in [-0.2, -0.15) is 4.68 Å². The van der Waals surface area contributed by atoms with Gasteiger partial charge in [-0.15, -0.1) is 5.10 Å². The Morgan fingerprint density at radius 3 is 2.50 bits per heavy atom. The van der Waals surface area contributed by atoms with Gasteiger partial charge in [0.25, 0.3) is 0 Å². The van der Waals surface area contributed by atoms with E-state index in [1.807, 2.05) is 60.7 Å². The van der Waals surface area contributed by atoms with E-state index in [0.717, 1.165) is 11.3 Å². The highest BCUT2D eigenvalue weighted by Gasteiger charge is 2.12. The normalized spacial score (nSPS) is 12.2. The third-order valence-electron chi connectivity index (χ3n) is 3.27. The first-order chi connectivity index (χ1) is 11.8. The summed E-state index contributed by atoms with van der Waals surface area (Å²) in [5.74, 6) is 0.460. The Hall–Kier alpha value is -2.22. The van der Waals surface area contributed by atoms with E-state index in [1.54, 1.807) is 4.68 Å². The predicted molar refractivity (Wildman–Crippen MR) is 92.0 cm³/mol. The van der Waals surface area contributed by atoms with E-state index in [-0.39, 0.29) is 6.61 Å². The number of aliphatic hydroxyl groups is 1. The highest BCUT2D eigenvalue weighted by molar-refractivity contribution is 7.99. The number of rotatable bonds is 8. The summed E-state index contributed by atoms with van der Waals surface area (Å²) < 4.78 is 7.20. The van der Waals surface area contributed by atoms with E-state index in [0.29, 0.717) is 17.5 Å². The van der Waals surface area contributed by atoms with Crippen LogP contribution in [0.4, 0.5) is 0 Å². The van der Waals surface area contributed by atoms with Gasteiger partial charge in [-0.3, -0.25) is 0 Å². The predicted octanol–water partition coefficient (Wildman–Crippen LogP) is 2.33. The molecule has 1 atom stereocenters. The third kappa shape index (κ3) is 4.64. The fraction of sp³-hybridized carbons (Fsp3) is 0.235. The molecule has 0 spiro atoms. The molecule has 1 aromatic heterocycles. The Morgan fingerprint density at radius 1 is 1.04 bits per heavy atom. The quantitative estimate of drug-likeness (QED) is 0.634. The first-order valence-electron chi connectivity index (χ1n) is 7.59. The Kier molecular flexibility index (Phi) is 5.95. The van der Waals surface area contributed by atoms with Crippen LogP contribution in [-0.4, -0.2) is 43.8 Å². The van der Waals surface area contributed by atoms with Gasteiger partial charge in [-0.05, 0) is 28.1 Å². The van der Waals surface area contributed by atoms with E-state index in [9.17, 15) is 5.11 Å². The van der Waals surface area contributed by atoms with Crippen molar-refractivity contribution in [1.29, 1.82) is 0 Å². The van der Waals surface area contributed by atoms with Crippen molar-refractivity contribution in [3.8, 4) is 5.69 Å². The van der Waals surface area contributed by atoms with Gasteiger partial charge in [0.2, 0.25) is 5.16 Å². The van der Waals surface area contributed by atoms with Crippen molar-refractivity contribution in [2.45, 2.75) is 17.9 Å². The molecule has 0 bridgehead atoms. The van der Waals surface area contributed by atoms with Gasteiger partial charge in [0.15, 0.2) is 0 Å². The fourth-order valence-corrected chi connectivity index (χ4v) is 2.90. The number of para-hydroxylation sites is 1. The Morgan fingerprint density at radius 2 is 1.75 bits per heavy atom. The molecule has 6 nitrogen and oxygen atoms in total. The van der Waals surface area contributed by atoms with E-state index in [2.05, 4.69) is 15.5 Å². The minimum absolute atomic E-state index is 0.273. The second-order valence-corrected chi connectivity index (χ2v) is 6.16. The summed E-state index contributed by atoms with van der Waals surface area (Å²) in [6.45, 7) is 0.763. The monoisotopic (exact) mass is 342 g/mol. The first-order valence-corrected chi connectivity index (χ1v) is 8.58. The van der Waals surface area contributed by atoms with Gasteiger partial charge in [-0.1, -0.05) is 60.3 Å². The van der Waals surface area contributed by atoms with Crippen molar-refractivity contribution in [1.82, 2.24) is 20.2 Å². The molecule has 3 rings (SSSR count). The van der Waals surface area contributed by atoms with Crippen LogP contribution in [0.25, 0.3) is 5.69 Å². The summed E-state index contributed by atoms with van der Waals surface area (Å²) in [6, 6.07) is 19.5. The van der Waals surface area contributed by atoms with Crippen LogP contribution in [0.2, 0.25) is 0 Å². The Labute approximate surface area is 144 Å². The maximum absolute atomic E-state index is 10.1. The summed E-state index contributed by atoms with van der Waals surface area (Å²) in [4.78, 5) is 0. The summed E-state index contributed by atoms with van der Waals surface area (Å²) in [7, 11) is 0. The van der Waals surface area contributed by atoms with Gasteiger partial charge in [0, 0.05) is 5.75 Å². The molecule has 1 heterocycles. The number of nitrogens with zero attached hydrogens (tertiary/aromatic N) is 4. The average molecular weight is 342 g/mol. The van der Waals surface area contributed by atoms with Gasteiger partial charge >= 0.3 is 0 Å². The molecule has 7 heteroatoms. The summed E-state index contributed by atoms with van der Waals surface area (Å²) in [5, 5.41) is 22.4. The highest BCUT2D eigenvalue weighted by Crippen LogP contribution is 2.18. The highest BCUT2D eigenvalue weighted by atomic mass is 32.2. The van der Waals surface area contributed by atoms with E-state index >= 15 is 0 Å². The lowest BCUT2D eigenvalue weighted by Crippen LogP contribution is -2.18. The van der Waals surface area contributed by atoms with Crippen LogP contribution in [0.5, 0.6) is 0 Å². The van der Waals surface area contributed by atoms with Crippen LogP contribution < -0.4 is 0 Å². The Balaban J connectivity index is 1.47. The third-order valence-corrected chi connectivity index (χ3v) is 4.33. The molecule has 124 valence electrons. The van der Waals surface area contributed by atoms with Crippen molar-refractivity contribution in [3.05, 3.63) is 66.2 Å². The fourth-order valence-electron chi connectivity index (χ4n) is 2.11. The lowest BCUT2D eigenvalue weighted by molar-refractivity contribution is 0.0398. The second kappa shape index (κ2) is 8.58. The Bertz CT molecular complexity index is 737. The number of benzene rings is 2. The summed E-state index contributed by atoms with van der Waals surface area (Å²) >= 11 is 1.40. The smallest absolute Gasteiger partial charge is 0.214 e. The van der Waals surface area contributed by atoms with Gasteiger partial charge in [-0.25, -0.2) is 0 Å². The maximum atomic E-state index is 10.1. The molecule has 0 saturated carbocycles. The van der Waals surface area contributed by atoms with Crippen LogP contribution in [-0.2, 0) is 11.3 Å². The second-order valence-electron chi connectivity index (χ2n) is 5.17. The molecule has 2 aromatic carbocycles. The molecule has 0 aliphatic heterocycles. The molecule has 0 fully saturated rings. The number of hydrogen-bond acceptors (Lipinski definition) is 6. The molecule has 1 unspecified atom stereocenters. The van der Waals surface area contributed by atoms with Crippen LogP contribution in [0.1, 0.15) is 5.56 Å². The largest absolute Gasteiger partial charge is 0.390 e. The number of aromatic nitrogens is 4. The van der Waals surface area contributed by atoms with Crippen LogP contribution >= 0.6 is 11.8 Å². The lowest BCUT2D eigenvalue weighted by Gasteiger charge is -2.11. The van der Waals surface area contributed by atoms with Gasteiger partial charge in [0.05, 0.1) is 25.0 Å². The molecule has 0 aliphatic carbocycles. The van der Waals surface area contributed by atoms with E-state index in [1.165, 1.54) is 11.8 Å². The summed E-state index contributed by atoms with van der Waals surface area (Å²) in [6.07, 6.45) is -0.584. The minimum atomic E-state index is -0.584. The molecule has 0 aliphatic rings. The van der Waals surface area contributed by atoms with Crippen molar-refractivity contribution in [2.24, 2.45) is 0 Å². The van der Waals surface area contributed by atoms with Crippen molar-refractivity contribution in [3.63, 3.8) is 0 Å². The molecule has 0 radical (unpaired) electrons. The minimum Gasteiger partial charge on any atom is -0.390 e. The number of thioether (sulfide) groups is 1. The standard InChI is InChI=1S/C17H18N4O2S/c22-16(12-23-11-14-7-3-1-4-8-14)13-24-17-18-19-20-21(17)15-9-5-2-6-10-15/h1-10,16,22H,11-13H2. The average Bonchev–Trinajstić information content (AvgIpc) is 3.10. The molecule has 1 N–H and O–H groups in total. The van der Waals surface area contributed by atoms with Crippen molar-refractivity contribution < 1.29 is 9.84 Å². The number of aliphatic hydroxyl groups excluding tert-OH is 1. The zero-order valence-corrected chi connectivity index (χ0v) is 13.8. The SMILES string of the molecule is OC(COCc1ccccc1)CSc1nnnn1-c1ccccc1. The molecule has 24 heavy (non-hydrogen) atoms. The van der Waals surface area contributed by atoms with Crippen LogP contribution in [0.15, 0.2) is 65.8 Å². The molecule has 3 aromatic rings. The number of hydrogen-bond donors (Lipinski definition) is 1. The lowest BCUT2D eigenvalue weighted by atomic mass is 10.2. The van der Waals surface area contributed by atoms with E-state index < -0.39 is 6.10 Å². The van der Waals surface area contributed by atoms with Gasteiger partial charge in [0.1, 0.15) is 0 Å². The number of ether oxygens (including phenoxy) is 1. The zero-order valence-electron chi connectivity index (χ0n) is 13.0. The van der Waals surface area contributed by atoms with Crippen LogP contribution in [0, 0.1) is 0 Å². The molecule has 0 amide bonds. The van der Waals surface area contributed by atoms with Gasteiger partial charge < -0.3 is 9.84 Å². The molecular weight excluding hydrogens is 324 g/mol. The topological polar surface area (TPSA) is 73.1 Å². The van der Waals surface area contributed by atoms with Crippen LogP contribution in [0.3, 0.4) is 0 Å². The maximum Gasteiger partial charge on any atom is 0.214 e.